The molecular weight excluding hydrogens is 256 g/mol. The minimum absolute atomic E-state index is 0.266. The maximum atomic E-state index is 3.50. The zero-order valence-electron chi connectivity index (χ0n) is 13.9. The predicted molar refractivity (Wildman–Crippen MR) is 89.7 cm³/mol. The largest absolute Gasteiger partial charge is 0.317 e. The normalized spacial score (nSPS) is 25.4. The molecule has 2 heterocycles. The topological polar surface area (TPSA) is 15.3 Å². The Morgan fingerprint density at radius 1 is 1.00 bits per heavy atom. The highest BCUT2D eigenvalue weighted by molar-refractivity contribution is 5.34. The van der Waals surface area contributed by atoms with Crippen LogP contribution in [0.25, 0.3) is 0 Å². The first-order valence-corrected chi connectivity index (χ1v) is 8.63. The zero-order chi connectivity index (χ0) is 14.9. The highest BCUT2D eigenvalue weighted by atomic mass is 15.2. The number of hydrogen-bond acceptors (Lipinski definition) is 2. The molecule has 1 N–H and O–H groups in total. The van der Waals surface area contributed by atoms with Crippen molar-refractivity contribution in [2.75, 3.05) is 19.6 Å². The fraction of sp³-hybridized carbons (Fsp3) is 0.684. The second kappa shape index (κ2) is 6.10. The minimum Gasteiger partial charge on any atom is -0.317 e. The fourth-order valence-electron chi connectivity index (χ4n) is 4.21. The van der Waals surface area contributed by atoms with Crippen LogP contribution in [0, 0.1) is 0 Å². The lowest BCUT2D eigenvalue weighted by atomic mass is 9.84. The molecule has 1 aromatic carbocycles. The van der Waals surface area contributed by atoms with Crippen molar-refractivity contribution in [3.63, 3.8) is 0 Å². The quantitative estimate of drug-likeness (QED) is 0.881. The maximum Gasteiger partial charge on any atom is 0.0356 e. The molecule has 2 nitrogen and oxygen atoms in total. The van der Waals surface area contributed by atoms with Crippen LogP contribution in [-0.2, 0) is 0 Å². The number of nitrogens with one attached hydrogen (secondary N) is 1. The molecule has 2 aliphatic heterocycles. The summed E-state index contributed by atoms with van der Waals surface area (Å²) in [6.45, 7) is 10.7. The number of nitrogens with zero attached hydrogens (tertiary/aromatic N) is 1. The smallest absolute Gasteiger partial charge is 0.0356 e. The Kier molecular flexibility index (Phi) is 4.37. The van der Waals surface area contributed by atoms with Gasteiger partial charge < -0.3 is 5.32 Å². The number of benzene rings is 1. The molecule has 0 amide bonds. The monoisotopic (exact) mass is 286 g/mol. The van der Waals surface area contributed by atoms with Crippen molar-refractivity contribution >= 4 is 0 Å². The molecule has 2 aliphatic rings. The minimum atomic E-state index is 0.266. The Morgan fingerprint density at radius 3 is 2.33 bits per heavy atom. The number of rotatable bonds is 2. The summed E-state index contributed by atoms with van der Waals surface area (Å²) in [5, 5.41) is 3.50. The van der Waals surface area contributed by atoms with Gasteiger partial charge in [-0.1, -0.05) is 24.3 Å². The van der Waals surface area contributed by atoms with Gasteiger partial charge in [0.05, 0.1) is 0 Å². The molecule has 2 heteroatoms. The van der Waals surface area contributed by atoms with E-state index < -0.39 is 0 Å². The van der Waals surface area contributed by atoms with E-state index in [0.29, 0.717) is 6.04 Å². The Balaban J connectivity index is 1.91. The third kappa shape index (κ3) is 3.17. The molecule has 0 saturated carbocycles. The molecule has 0 aromatic heterocycles. The van der Waals surface area contributed by atoms with Gasteiger partial charge in [0.15, 0.2) is 0 Å². The molecule has 1 unspecified atom stereocenters. The summed E-state index contributed by atoms with van der Waals surface area (Å²) in [5.41, 5.74) is 3.50. The van der Waals surface area contributed by atoms with E-state index in [0.717, 1.165) is 5.92 Å². The van der Waals surface area contributed by atoms with Crippen LogP contribution in [0.5, 0.6) is 0 Å². The van der Waals surface area contributed by atoms with Crippen LogP contribution in [0.1, 0.15) is 69.5 Å². The van der Waals surface area contributed by atoms with Crippen molar-refractivity contribution in [3.8, 4) is 0 Å². The van der Waals surface area contributed by atoms with Gasteiger partial charge in [-0.25, -0.2) is 0 Å². The molecule has 0 bridgehead atoms. The van der Waals surface area contributed by atoms with Gasteiger partial charge in [0.2, 0.25) is 0 Å². The van der Waals surface area contributed by atoms with E-state index in [2.05, 4.69) is 55.3 Å². The highest BCUT2D eigenvalue weighted by Crippen LogP contribution is 2.41. The SMILES string of the molecule is CC(C)(C)N1CCCC1c1ccccc1C1CCNCC1. The van der Waals surface area contributed by atoms with Gasteiger partial charge in [0.25, 0.3) is 0 Å². The first kappa shape index (κ1) is 15.1. The van der Waals surface area contributed by atoms with Gasteiger partial charge >= 0.3 is 0 Å². The maximum absolute atomic E-state index is 3.50. The van der Waals surface area contributed by atoms with Crippen LogP contribution in [0.3, 0.4) is 0 Å². The van der Waals surface area contributed by atoms with E-state index >= 15 is 0 Å². The van der Waals surface area contributed by atoms with E-state index in [-0.39, 0.29) is 5.54 Å². The van der Waals surface area contributed by atoms with E-state index in [1.807, 2.05) is 0 Å². The van der Waals surface area contributed by atoms with Gasteiger partial charge in [0.1, 0.15) is 0 Å². The van der Waals surface area contributed by atoms with Crippen LogP contribution < -0.4 is 5.32 Å². The lowest BCUT2D eigenvalue weighted by molar-refractivity contribution is 0.121. The van der Waals surface area contributed by atoms with Gasteiger partial charge in [-0.2, -0.15) is 0 Å². The van der Waals surface area contributed by atoms with Crippen molar-refractivity contribution < 1.29 is 0 Å². The molecule has 2 saturated heterocycles. The average Bonchev–Trinajstić information content (AvgIpc) is 2.98. The second-order valence-corrected chi connectivity index (χ2v) is 7.68. The third-order valence-electron chi connectivity index (χ3n) is 5.25. The van der Waals surface area contributed by atoms with Gasteiger partial charge in [-0.3, -0.25) is 4.90 Å². The lowest BCUT2D eigenvalue weighted by Gasteiger charge is -2.38. The van der Waals surface area contributed by atoms with E-state index in [1.165, 1.54) is 45.3 Å². The molecule has 0 spiro atoms. The Bertz CT molecular complexity index is 469. The van der Waals surface area contributed by atoms with Crippen molar-refractivity contribution in [2.24, 2.45) is 0 Å². The predicted octanol–water partition coefficient (Wildman–Crippen LogP) is 4.09. The number of piperidine rings is 1. The second-order valence-electron chi connectivity index (χ2n) is 7.68. The summed E-state index contributed by atoms with van der Waals surface area (Å²) < 4.78 is 0. The van der Waals surface area contributed by atoms with E-state index in [9.17, 15) is 0 Å². The van der Waals surface area contributed by atoms with Crippen LogP contribution in [0.4, 0.5) is 0 Å². The summed E-state index contributed by atoms with van der Waals surface area (Å²) in [7, 11) is 0. The van der Waals surface area contributed by atoms with Gasteiger partial charge in [-0.05, 0) is 83.1 Å². The Morgan fingerprint density at radius 2 is 1.67 bits per heavy atom. The number of likely N-dealkylation sites (tertiary alicyclic amines) is 1. The van der Waals surface area contributed by atoms with Gasteiger partial charge in [-0.15, -0.1) is 0 Å². The highest BCUT2D eigenvalue weighted by Gasteiger charge is 2.35. The third-order valence-corrected chi connectivity index (χ3v) is 5.25. The molecular formula is C19H30N2. The lowest BCUT2D eigenvalue weighted by Crippen LogP contribution is -2.41. The summed E-state index contributed by atoms with van der Waals surface area (Å²) in [6, 6.07) is 9.88. The summed E-state index contributed by atoms with van der Waals surface area (Å²) in [6.07, 6.45) is 5.24. The molecule has 2 fully saturated rings. The van der Waals surface area contributed by atoms with E-state index in [1.54, 1.807) is 11.1 Å². The number of hydrogen-bond donors (Lipinski definition) is 1. The van der Waals surface area contributed by atoms with Crippen LogP contribution in [0.15, 0.2) is 24.3 Å². The molecule has 0 radical (unpaired) electrons. The Hall–Kier alpha value is -0.860. The molecule has 0 aliphatic carbocycles. The molecule has 1 atom stereocenters. The average molecular weight is 286 g/mol. The van der Waals surface area contributed by atoms with Crippen molar-refractivity contribution in [1.82, 2.24) is 10.2 Å². The van der Waals surface area contributed by atoms with Crippen LogP contribution in [-0.4, -0.2) is 30.1 Å². The summed E-state index contributed by atoms with van der Waals surface area (Å²) >= 11 is 0. The van der Waals surface area contributed by atoms with Crippen molar-refractivity contribution in [3.05, 3.63) is 35.4 Å². The molecule has 1 aromatic rings. The van der Waals surface area contributed by atoms with E-state index in [4.69, 9.17) is 0 Å². The first-order valence-electron chi connectivity index (χ1n) is 8.63. The fourth-order valence-corrected chi connectivity index (χ4v) is 4.21. The standard InChI is InChI=1S/C19H30N2/c1-19(2,3)21-14-6-9-18(21)17-8-5-4-7-16(17)15-10-12-20-13-11-15/h4-5,7-8,15,18,20H,6,9-14H2,1-3H3. The van der Waals surface area contributed by atoms with Crippen LogP contribution >= 0.6 is 0 Å². The summed E-state index contributed by atoms with van der Waals surface area (Å²) in [4.78, 5) is 2.72. The summed E-state index contributed by atoms with van der Waals surface area (Å²) in [5.74, 6) is 0.755. The first-order chi connectivity index (χ1) is 10.1. The zero-order valence-corrected chi connectivity index (χ0v) is 13.9. The molecule has 3 rings (SSSR count). The van der Waals surface area contributed by atoms with Crippen molar-refractivity contribution in [1.29, 1.82) is 0 Å². The molecule has 21 heavy (non-hydrogen) atoms. The Labute approximate surface area is 129 Å². The van der Waals surface area contributed by atoms with Crippen molar-refractivity contribution in [2.45, 2.75) is 64.0 Å². The van der Waals surface area contributed by atoms with Crippen LogP contribution in [0.2, 0.25) is 0 Å². The molecule has 116 valence electrons. The van der Waals surface area contributed by atoms with Gasteiger partial charge in [0, 0.05) is 11.6 Å².